The van der Waals surface area contributed by atoms with Crippen LogP contribution >= 0.6 is 0 Å². The number of carbonyl (C=O) groups is 1. The van der Waals surface area contributed by atoms with Gasteiger partial charge in [0.25, 0.3) is 0 Å². The summed E-state index contributed by atoms with van der Waals surface area (Å²) in [6.07, 6.45) is 1.10. The Hall–Kier alpha value is -2.54. The molecular weight excluding hydrogens is 338 g/mol. The van der Waals surface area contributed by atoms with Crippen molar-refractivity contribution >= 4 is 27.3 Å². The molecule has 0 aliphatic heterocycles. The molecule has 2 aromatic carbocycles. The van der Waals surface area contributed by atoms with Crippen LogP contribution in [0.25, 0.3) is 0 Å². The highest BCUT2D eigenvalue weighted by Crippen LogP contribution is 2.15. The van der Waals surface area contributed by atoms with Gasteiger partial charge in [-0.05, 0) is 43.7 Å². The molecule has 2 rings (SSSR count). The van der Waals surface area contributed by atoms with Crippen molar-refractivity contribution in [3.05, 3.63) is 59.7 Å². The van der Waals surface area contributed by atoms with Crippen molar-refractivity contribution in [2.75, 3.05) is 16.3 Å². The third kappa shape index (κ3) is 6.46. The molecule has 0 aliphatic rings. The van der Waals surface area contributed by atoms with Gasteiger partial charge in [0.1, 0.15) is 6.04 Å². The standard InChI is InChI=1S/C18H23N3O3S/c1-13-4-6-15(7-5-13)12-19-18(22)14(2)20-16-8-10-17(11-9-16)21-25(3,23)24/h4-11,14,20-21H,12H2,1-3H3,(H,19,22)/t14-/m1/s1. The fourth-order valence-electron chi connectivity index (χ4n) is 2.21. The predicted octanol–water partition coefficient (Wildman–Crippen LogP) is 2.48. The van der Waals surface area contributed by atoms with Crippen molar-refractivity contribution in [2.45, 2.75) is 26.4 Å². The lowest BCUT2D eigenvalue weighted by atomic mass is 10.1. The zero-order chi connectivity index (χ0) is 18.4. The van der Waals surface area contributed by atoms with Crippen LogP contribution in [0.1, 0.15) is 18.1 Å². The average molecular weight is 361 g/mol. The zero-order valence-corrected chi connectivity index (χ0v) is 15.4. The second-order valence-corrected chi connectivity index (χ2v) is 7.77. The van der Waals surface area contributed by atoms with E-state index in [0.717, 1.165) is 17.5 Å². The zero-order valence-electron chi connectivity index (χ0n) is 14.5. The van der Waals surface area contributed by atoms with Gasteiger partial charge in [-0.15, -0.1) is 0 Å². The lowest BCUT2D eigenvalue weighted by molar-refractivity contribution is -0.121. The van der Waals surface area contributed by atoms with Gasteiger partial charge in [0.15, 0.2) is 0 Å². The van der Waals surface area contributed by atoms with Gasteiger partial charge in [-0.3, -0.25) is 9.52 Å². The number of amides is 1. The normalized spacial score (nSPS) is 12.3. The number of hydrogen-bond donors (Lipinski definition) is 3. The Morgan fingerprint density at radius 2 is 1.56 bits per heavy atom. The molecular formula is C18H23N3O3S. The Labute approximate surface area is 148 Å². The Bertz CT molecular complexity index is 816. The highest BCUT2D eigenvalue weighted by molar-refractivity contribution is 7.92. The molecule has 0 radical (unpaired) electrons. The molecule has 0 saturated heterocycles. The number of rotatable bonds is 7. The third-order valence-corrected chi connectivity index (χ3v) is 4.16. The molecule has 7 heteroatoms. The second kappa shape index (κ2) is 8.02. The van der Waals surface area contributed by atoms with E-state index in [0.29, 0.717) is 12.2 Å². The van der Waals surface area contributed by atoms with Crippen LogP contribution in [0.2, 0.25) is 0 Å². The van der Waals surface area contributed by atoms with E-state index < -0.39 is 16.1 Å². The fraction of sp³-hybridized carbons (Fsp3) is 0.278. The second-order valence-electron chi connectivity index (χ2n) is 6.02. The van der Waals surface area contributed by atoms with Crippen LogP contribution in [0, 0.1) is 6.92 Å². The Kier molecular flexibility index (Phi) is 6.03. The molecule has 1 amide bonds. The van der Waals surface area contributed by atoms with Crippen molar-refractivity contribution in [2.24, 2.45) is 0 Å². The number of sulfonamides is 1. The minimum Gasteiger partial charge on any atom is -0.374 e. The number of aryl methyl sites for hydroxylation is 1. The molecule has 0 saturated carbocycles. The first kappa shape index (κ1) is 18.8. The molecule has 0 aromatic heterocycles. The highest BCUT2D eigenvalue weighted by atomic mass is 32.2. The molecule has 0 aliphatic carbocycles. The maximum atomic E-state index is 12.2. The quantitative estimate of drug-likeness (QED) is 0.707. The van der Waals surface area contributed by atoms with Crippen LogP contribution < -0.4 is 15.4 Å². The van der Waals surface area contributed by atoms with Gasteiger partial charge in [0.2, 0.25) is 15.9 Å². The van der Waals surface area contributed by atoms with Crippen LogP contribution in [0.5, 0.6) is 0 Å². The predicted molar refractivity (Wildman–Crippen MR) is 101 cm³/mol. The molecule has 0 bridgehead atoms. The van der Waals surface area contributed by atoms with Crippen molar-refractivity contribution in [3.8, 4) is 0 Å². The van der Waals surface area contributed by atoms with Crippen LogP contribution in [-0.4, -0.2) is 26.6 Å². The summed E-state index contributed by atoms with van der Waals surface area (Å²) in [5.41, 5.74) is 3.43. The van der Waals surface area contributed by atoms with E-state index in [1.807, 2.05) is 31.2 Å². The molecule has 1 atom stereocenters. The van der Waals surface area contributed by atoms with Crippen molar-refractivity contribution in [1.82, 2.24) is 5.32 Å². The first-order valence-electron chi connectivity index (χ1n) is 7.90. The van der Waals surface area contributed by atoms with Crippen LogP contribution in [0.4, 0.5) is 11.4 Å². The third-order valence-electron chi connectivity index (χ3n) is 3.55. The average Bonchev–Trinajstić information content (AvgIpc) is 2.54. The summed E-state index contributed by atoms with van der Waals surface area (Å²) < 4.78 is 24.8. The van der Waals surface area contributed by atoms with Gasteiger partial charge in [-0.2, -0.15) is 0 Å². The van der Waals surface area contributed by atoms with Gasteiger partial charge in [-0.25, -0.2) is 8.42 Å². The summed E-state index contributed by atoms with van der Waals surface area (Å²) in [7, 11) is -3.30. The summed E-state index contributed by atoms with van der Waals surface area (Å²) in [6, 6.07) is 14.3. The summed E-state index contributed by atoms with van der Waals surface area (Å²) >= 11 is 0. The highest BCUT2D eigenvalue weighted by Gasteiger charge is 2.12. The Morgan fingerprint density at radius 1 is 1.00 bits per heavy atom. The van der Waals surface area contributed by atoms with Crippen molar-refractivity contribution < 1.29 is 13.2 Å². The summed E-state index contributed by atoms with van der Waals surface area (Å²) in [5, 5.41) is 5.98. The summed E-state index contributed by atoms with van der Waals surface area (Å²) in [4.78, 5) is 12.2. The van der Waals surface area contributed by atoms with E-state index in [1.54, 1.807) is 31.2 Å². The smallest absolute Gasteiger partial charge is 0.242 e. The molecule has 25 heavy (non-hydrogen) atoms. The van der Waals surface area contributed by atoms with Gasteiger partial charge < -0.3 is 10.6 Å². The largest absolute Gasteiger partial charge is 0.374 e. The SMILES string of the molecule is Cc1ccc(CNC(=O)[C@@H](C)Nc2ccc(NS(C)(=O)=O)cc2)cc1. The molecule has 2 aromatic rings. The molecule has 134 valence electrons. The molecule has 0 spiro atoms. The number of benzene rings is 2. The maximum Gasteiger partial charge on any atom is 0.242 e. The number of nitrogens with one attached hydrogen (secondary N) is 3. The lowest BCUT2D eigenvalue weighted by Gasteiger charge is -2.16. The topological polar surface area (TPSA) is 87.3 Å². The number of hydrogen-bond acceptors (Lipinski definition) is 4. The monoisotopic (exact) mass is 361 g/mol. The lowest BCUT2D eigenvalue weighted by Crippen LogP contribution is -2.37. The first-order chi connectivity index (χ1) is 11.7. The molecule has 3 N–H and O–H groups in total. The molecule has 0 unspecified atom stereocenters. The Balaban J connectivity index is 1.86. The van der Waals surface area contributed by atoms with E-state index in [-0.39, 0.29) is 5.91 Å². The Morgan fingerprint density at radius 3 is 2.12 bits per heavy atom. The van der Waals surface area contributed by atoms with E-state index in [2.05, 4.69) is 15.4 Å². The van der Waals surface area contributed by atoms with Gasteiger partial charge >= 0.3 is 0 Å². The first-order valence-corrected chi connectivity index (χ1v) is 9.80. The number of anilines is 2. The van der Waals surface area contributed by atoms with Crippen molar-refractivity contribution in [1.29, 1.82) is 0 Å². The minimum absolute atomic E-state index is 0.112. The van der Waals surface area contributed by atoms with Crippen LogP contribution in [-0.2, 0) is 21.4 Å². The molecule has 6 nitrogen and oxygen atoms in total. The van der Waals surface area contributed by atoms with E-state index in [1.165, 1.54) is 5.56 Å². The van der Waals surface area contributed by atoms with E-state index in [4.69, 9.17) is 0 Å². The summed E-state index contributed by atoms with van der Waals surface area (Å²) in [5.74, 6) is -0.112. The molecule has 0 heterocycles. The van der Waals surface area contributed by atoms with Crippen LogP contribution in [0.15, 0.2) is 48.5 Å². The minimum atomic E-state index is -3.30. The van der Waals surface area contributed by atoms with E-state index >= 15 is 0 Å². The molecule has 0 fully saturated rings. The van der Waals surface area contributed by atoms with Gasteiger partial charge in [0, 0.05) is 17.9 Å². The van der Waals surface area contributed by atoms with Gasteiger partial charge in [0.05, 0.1) is 6.26 Å². The van der Waals surface area contributed by atoms with Crippen molar-refractivity contribution in [3.63, 3.8) is 0 Å². The maximum absolute atomic E-state index is 12.2. The van der Waals surface area contributed by atoms with Crippen LogP contribution in [0.3, 0.4) is 0 Å². The number of carbonyl (C=O) groups excluding carboxylic acids is 1. The summed E-state index contributed by atoms with van der Waals surface area (Å²) in [6.45, 7) is 4.26. The van der Waals surface area contributed by atoms with Gasteiger partial charge in [-0.1, -0.05) is 29.8 Å². The van der Waals surface area contributed by atoms with E-state index in [9.17, 15) is 13.2 Å². The fourth-order valence-corrected chi connectivity index (χ4v) is 2.78.